The first-order chi connectivity index (χ1) is 16.9. The largest absolute Gasteiger partial charge is 0.497 e. The molecule has 1 saturated heterocycles. The maximum Gasteiger partial charge on any atom is 0.350 e. The minimum Gasteiger partial charge on any atom is -0.497 e. The smallest absolute Gasteiger partial charge is 0.350 e. The maximum atomic E-state index is 13.4. The van der Waals surface area contributed by atoms with Gasteiger partial charge in [0.05, 0.1) is 19.2 Å². The molecule has 1 fully saturated rings. The van der Waals surface area contributed by atoms with Crippen LogP contribution < -0.4 is 20.4 Å². The Kier molecular flexibility index (Phi) is 6.93. The zero-order chi connectivity index (χ0) is 24.9. The highest BCUT2D eigenvalue weighted by molar-refractivity contribution is 6.31. The van der Waals surface area contributed by atoms with Crippen LogP contribution in [0, 0.1) is 0 Å². The van der Waals surface area contributed by atoms with Crippen LogP contribution >= 0.6 is 11.6 Å². The van der Waals surface area contributed by atoms with Crippen molar-refractivity contribution in [1.29, 1.82) is 0 Å². The predicted molar refractivity (Wildman–Crippen MR) is 128 cm³/mol. The molecule has 0 spiro atoms. The van der Waals surface area contributed by atoms with Gasteiger partial charge in [0, 0.05) is 28.7 Å². The predicted octanol–water partition coefficient (Wildman–Crippen LogP) is 3.25. The molecule has 1 aromatic heterocycles. The van der Waals surface area contributed by atoms with Gasteiger partial charge >= 0.3 is 6.03 Å². The van der Waals surface area contributed by atoms with Gasteiger partial charge in [-0.3, -0.25) is 24.8 Å². The van der Waals surface area contributed by atoms with Crippen LogP contribution in [0.2, 0.25) is 5.02 Å². The average Bonchev–Trinajstić information content (AvgIpc) is 2.86. The van der Waals surface area contributed by atoms with Crippen molar-refractivity contribution in [2.75, 3.05) is 17.3 Å². The molecule has 178 valence electrons. The van der Waals surface area contributed by atoms with E-state index in [4.69, 9.17) is 16.3 Å². The van der Waals surface area contributed by atoms with E-state index in [-0.39, 0.29) is 17.7 Å². The SMILES string of the molecule is COc1ccc(NC(=O)[C@H]2CC(=O)N(c3cccc(Cl)c3)C(=O)N2NC(=O)c2ccncc2)cc1. The van der Waals surface area contributed by atoms with Gasteiger partial charge in [-0.15, -0.1) is 0 Å². The lowest BCUT2D eigenvalue weighted by molar-refractivity contribution is -0.128. The second-order valence-corrected chi connectivity index (χ2v) is 7.91. The first kappa shape index (κ1) is 23.7. The van der Waals surface area contributed by atoms with Crippen molar-refractivity contribution in [2.24, 2.45) is 0 Å². The molecule has 35 heavy (non-hydrogen) atoms. The minimum atomic E-state index is -1.31. The molecule has 5 amide bonds. The quantitative estimate of drug-likeness (QED) is 0.543. The summed E-state index contributed by atoms with van der Waals surface area (Å²) in [5.74, 6) is -1.34. The minimum absolute atomic E-state index is 0.213. The fourth-order valence-electron chi connectivity index (χ4n) is 3.48. The summed E-state index contributed by atoms with van der Waals surface area (Å²) in [6, 6.07) is 13.4. The van der Waals surface area contributed by atoms with E-state index in [0.29, 0.717) is 16.5 Å². The molecule has 2 heterocycles. The Morgan fingerprint density at radius 1 is 1.06 bits per heavy atom. The highest BCUT2D eigenvalue weighted by atomic mass is 35.5. The Morgan fingerprint density at radius 2 is 1.77 bits per heavy atom. The summed E-state index contributed by atoms with van der Waals surface area (Å²) in [5, 5.41) is 3.84. The Balaban J connectivity index is 1.64. The molecule has 2 aromatic carbocycles. The van der Waals surface area contributed by atoms with Crippen LogP contribution in [0.4, 0.5) is 16.2 Å². The van der Waals surface area contributed by atoms with E-state index in [1.807, 2.05) is 0 Å². The van der Waals surface area contributed by atoms with Crippen LogP contribution in [0.3, 0.4) is 0 Å². The van der Waals surface area contributed by atoms with E-state index in [1.165, 1.54) is 43.8 Å². The number of amides is 5. The standard InChI is InChI=1S/C24H20ClN5O5/c1-35-19-7-5-17(6-8-19)27-23(33)20-14-21(31)29(18-4-2-3-16(25)13-18)24(34)30(20)28-22(32)15-9-11-26-12-10-15/h2-13,20H,14H2,1H3,(H,27,33)(H,28,32)/t20-/m1/s1. The molecule has 10 nitrogen and oxygen atoms in total. The number of ether oxygens (including phenoxy) is 1. The average molecular weight is 494 g/mol. The monoisotopic (exact) mass is 493 g/mol. The fraction of sp³-hybridized carbons (Fsp3) is 0.125. The van der Waals surface area contributed by atoms with Crippen LogP contribution in [0.5, 0.6) is 5.75 Å². The summed E-state index contributed by atoms with van der Waals surface area (Å²) in [5.41, 5.74) is 3.32. The molecular weight excluding hydrogens is 474 g/mol. The van der Waals surface area contributed by atoms with Crippen molar-refractivity contribution in [3.8, 4) is 5.75 Å². The molecule has 1 aliphatic rings. The normalized spacial score (nSPS) is 15.5. The number of nitrogens with zero attached hydrogens (tertiary/aromatic N) is 3. The molecule has 1 aliphatic heterocycles. The number of benzene rings is 2. The molecule has 0 bridgehead atoms. The van der Waals surface area contributed by atoms with Crippen molar-refractivity contribution in [2.45, 2.75) is 12.5 Å². The third-order valence-corrected chi connectivity index (χ3v) is 5.45. The van der Waals surface area contributed by atoms with E-state index in [1.54, 1.807) is 36.4 Å². The van der Waals surface area contributed by atoms with E-state index in [9.17, 15) is 19.2 Å². The molecule has 2 N–H and O–H groups in total. The molecule has 11 heteroatoms. The van der Waals surface area contributed by atoms with Gasteiger partial charge in [-0.2, -0.15) is 0 Å². The Morgan fingerprint density at radius 3 is 2.43 bits per heavy atom. The number of pyridine rings is 1. The van der Waals surface area contributed by atoms with E-state index >= 15 is 0 Å². The molecule has 4 rings (SSSR count). The molecule has 0 aliphatic carbocycles. The lowest BCUT2D eigenvalue weighted by Crippen LogP contribution is -2.65. The molecule has 0 saturated carbocycles. The number of hydrazine groups is 1. The van der Waals surface area contributed by atoms with E-state index in [2.05, 4.69) is 15.7 Å². The number of imide groups is 1. The first-order valence-electron chi connectivity index (χ1n) is 10.4. The number of carbonyl (C=O) groups excluding carboxylic acids is 4. The number of anilines is 2. The number of aromatic nitrogens is 1. The Hall–Kier alpha value is -4.44. The third-order valence-electron chi connectivity index (χ3n) is 5.22. The van der Waals surface area contributed by atoms with Gasteiger partial charge in [-0.05, 0) is 54.6 Å². The summed E-state index contributed by atoms with van der Waals surface area (Å²) in [4.78, 5) is 57.1. The number of methoxy groups -OCH3 is 1. The van der Waals surface area contributed by atoms with Gasteiger partial charge in [0.25, 0.3) is 5.91 Å². The van der Waals surface area contributed by atoms with Crippen LogP contribution in [0.15, 0.2) is 73.1 Å². The van der Waals surface area contributed by atoms with Crippen molar-refractivity contribution >= 4 is 46.7 Å². The second-order valence-electron chi connectivity index (χ2n) is 7.48. The van der Waals surface area contributed by atoms with Crippen LogP contribution in [0.1, 0.15) is 16.8 Å². The summed E-state index contributed by atoms with van der Waals surface area (Å²) < 4.78 is 5.11. The number of nitrogens with one attached hydrogen (secondary N) is 2. The zero-order valence-electron chi connectivity index (χ0n) is 18.5. The highest BCUT2D eigenvalue weighted by Gasteiger charge is 2.44. The molecule has 0 radical (unpaired) electrons. The molecule has 3 aromatic rings. The van der Waals surface area contributed by atoms with E-state index in [0.717, 1.165) is 9.91 Å². The zero-order valence-corrected chi connectivity index (χ0v) is 19.2. The van der Waals surface area contributed by atoms with Gasteiger partial charge < -0.3 is 10.1 Å². The van der Waals surface area contributed by atoms with Gasteiger partial charge in [-0.1, -0.05) is 17.7 Å². The fourth-order valence-corrected chi connectivity index (χ4v) is 3.66. The maximum absolute atomic E-state index is 13.4. The summed E-state index contributed by atoms with van der Waals surface area (Å²) >= 11 is 6.04. The van der Waals surface area contributed by atoms with Crippen molar-refractivity contribution in [3.63, 3.8) is 0 Å². The summed E-state index contributed by atoms with van der Waals surface area (Å²) in [6.45, 7) is 0. The van der Waals surface area contributed by atoms with Crippen LogP contribution in [0.25, 0.3) is 0 Å². The number of hydrogen-bond donors (Lipinski definition) is 2. The second kappa shape index (κ2) is 10.2. The molecular formula is C24H20ClN5O5. The number of urea groups is 1. The van der Waals surface area contributed by atoms with Crippen molar-refractivity contribution in [1.82, 2.24) is 15.4 Å². The third kappa shape index (κ3) is 5.22. The Bertz CT molecular complexity index is 1270. The Labute approximate surface area is 205 Å². The van der Waals surface area contributed by atoms with Crippen LogP contribution in [-0.4, -0.2) is 46.9 Å². The lowest BCUT2D eigenvalue weighted by atomic mass is 10.1. The number of halogens is 1. The van der Waals surface area contributed by atoms with Gasteiger partial charge in [-0.25, -0.2) is 14.7 Å². The van der Waals surface area contributed by atoms with Crippen LogP contribution in [-0.2, 0) is 9.59 Å². The molecule has 0 unspecified atom stereocenters. The first-order valence-corrected chi connectivity index (χ1v) is 10.8. The number of rotatable bonds is 6. The van der Waals surface area contributed by atoms with Crippen molar-refractivity contribution < 1.29 is 23.9 Å². The van der Waals surface area contributed by atoms with Gasteiger partial charge in [0.15, 0.2) is 0 Å². The summed E-state index contributed by atoms with van der Waals surface area (Å²) in [7, 11) is 1.52. The van der Waals surface area contributed by atoms with Gasteiger partial charge in [0.2, 0.25) is 11.8 Å². The topological polar surface area (TPSA) is 121 Å². The lowest BCUT2D eigenvalue weighted by Gasteiger charge is -2.39. The van der Waals surface area contributed by atoms with Crippen molar-refractivity contribution in [3.05, 3.63) is 83.6 Å². The van der Waals surface area contributed by atoms with Gasteiger partial charge in [0.1, 0.15) is 11.8 Å². The highest BCUT2D eigenvalue weighted by Crippen LogP contribution is 2.27. The number of carbonyl (C=O) groups is 4. The van der Waals surface area contributed by atoms with E-state index < -0.39 is 29.8 Å². The molecule has 1 atom stereocenters. The number of hydrogen-bond acceptors (Lipinski definition) is 6. The summed E-state index contributed by atoms with van der Waals surface area (Å²) in [6.07, 6.45) is 2.46.